The highest BCUT2D eigenvalue weighted by molar-refractivity contribution is 5.88. The van der Waals surface area contributed by atoms with Crippen LogP contribution in [0, 0.1) is 5.92 Å². The fraction of sp³-hybridized carbons (Fsp3) is 0.846. The van der Waals surface area contributed by atoms with Crippen molar-refractivity contribution in [3.05, 3.63) is 0 Å². The van der Waals surface area contributed by atoms with Gasteiger partial charge in [-0.2, -0.15) is 0 Å². The highest BCUT2D eigenvalue weighted by Crippen LogP contribution is 2.35. The van der Waals surface area contributed by atoms with E-state index in [0.717, 1.165) is 12.3 Å². The molecule has 5 nitrogen and oxygen atoms in total. The largest absolute Gasteiger partial charge is 0.480 e. The number of urea groups is 1. The van der Waals surface area contributed by atoms with Gasteiger partial charge in [-0.3, -0.25) is 0 Å². The van der Waals surface area contributed by atoms with Crippen LogP contribution in [0.25, 0.3) is 0 Å². The predicted octanol–water partition coefficient (Wildman–Crippen LogP) is 1.87. The molecule has 0 heterocycles. The molecule has 2 aliphatic rings. The number of hydrogen-bond donors (Lipinski definition) is 3. The van der Waals surface area contributed by atoms with Crippen LogP contribution in [-0.2, 0) is 4.79 Å². The van der Waals surface area contributed by atoms with Gasteiger partial charge >= 0.3 is 12.0 Å². The number of hydrogen-bond acceptors (Lipinski definition) is 2. The molecule has 5 heteroatoms. The van der Waals surface area contributed by atoms with Crippen molar-refractivity contribution < 1.29 is 14.7 Å². The molecule has 2 aliphatic carbocycles. The molecule has 0 unspecified atom stereocenters. The third-order valence-corrected chi connectivity index (χ3v) is 4.06. The van der Waals surface area contributed by atoms with Crippen LogP contribution < -0.4 is 10.6 Å². The minimum absolute atomic E-state index is 0.346. The van der Waals surface area contributed by atoms with Crippen molar-refractivity contribution >= 4 is 12.0 Å². The Morgan fingerprint density at radius 1 is 1.22 bits per heavy atom. The standard InChI is InChI=1S/C13H22N2O3/c16-11(17)13(7-8-13)15-12(18)14-9-3-6-10-4-1-2-5-10/h10H,1-9H2,(H,16,17)(H2,14,15,18). The zero-order chi connectivity index (χ0) is 13.0. The van der Waals surface area contributed by atoms with E-state index in [1.54, 1.807) is 0 Å². The number of aliphatic carboxylic acids is 1. The van der Waals surface area contributed by atoms with E-state index in [1.807, 2.05) is 0 Å². The molecule has 18 heavy (non-hydrogen) atoms. The van der Waals surface area contributed by atoms with E-state index in [4.69, 9.17) is 5.11 Å². The van der Waals surface area contributed by atoms with Crippen molar-refractivity contribution in [1.29, 1.82) is 0 Å². The first-order valence-electron chi connectivity index (χ1n) is 6.92. The Hall–Kier alpha value is -1.26. The summed E-state index contributed by atoms with van der Waals surface area (Å²) in [5.74, 6) is -0.0905. The summed E-state index contributed by atoms with van der Waals surface area (Å²) in [6, 6.07) is -0.346. The molecule has 2 saturated carbocycles. The summed E-state index contributed by atoms with van der Waals surface area (Å²) in [4.78, 5) is 22.4. The molecule has 2 amide bonds. The van der Waals surface area contributed by atoms with Crippen LogP contribution in [0.3, 0.4) is 0 Å². The van der Waals surface area contributed by atoms with Gasteiger partial charge in [-0.15, -0.1) is 0 Å². The minimum atomic E-state index is -0.977. The molecule has 0 aliphatic heterocycles. The zero-order valence-electron chi connectivity index (χ0n) is 10.7. The van der Waals surface area contributed by atoms with E-state index in [9.17, 15) is 9.59 Å². The molecule has 0 bridgehead atoms. The zero-order valence-corrected chi connectivity index (χ0v) is 10.7. The van der Waals surface area contributed by atoms with Gasteiger partial charge in [0.15, 0.2) is 0 Å². The minimum Gasteiger partial charge on any atom is -0.480 e. The number of nitrogens with one attached hydrogen (secondary N) is 2. The molecule has 102 valence electrons. The Bertz CT molecular complexity index is 320. The second-order valence-electron chi connectivity index (χ2n) is 5.56. The fourth-order valence-corrected chi connectivity index (χ4v) is 2.67. The average Bonchev–Trinajstić information content (AvgIpc) is 2.92. The van der Waals surface area contributed by atoms with Gasteiger partial charge < -0.3 is 15.7 Å². The van der Waals surface area contributed by atoms with Crippen molar-refractivity contribution in [3.63, 3.8) is 0 Å². The van der Waals surface area contributed by atoms with Crippen molar-refractivity contribution in [2.24, 2.45) is 5.92 Å². The molecule has 0 spiro atoms. The molecule has 2 rings (SSSR count). The first-order valence-corrected chi connectivity index (χ1v) is 6.92. The summed E-state index contributed by atoms with van der Waals surface area (Å²) in [6.07, 6.45) is 8.58. The normalized spacial score (nSPS) is 21.6. The number of carboxylic acids is 1. The monoisotopic (exact) mass is 254 g/mol. The molecule has 0 atom stereocenters. The van der Waals surface area contributed by atoms with Crippen LogP contribution in [0.1, 0.15) is 51.4 Å². The number of rotatable bonds is 6. The third kappa shape index (κ3) is 3.37. The molecule has 2 fully saturated rings. The van der Waals surface area contributed by atoms with Gasteiger partial charge in [-0.05, 0) is 31.6 Å². The number of carbonyl (C=O) groups is 2. The van der Waals surface area contributed by atoms with Crippen molar-refractivity contribution in [1.82, 2.24) is 10.6 Å². The van der Waals surface area contributed by atoms with Crippen LogP contribution in [0.5, 0.6) is 0 Å². The Morgan fingerprint density at radius 2 is 1.89 bits per heavy atom. The summed E-state index contributed by atoms with van der Waals surface area (Å²) < 4.78 is 0. The highest BCUT2D eigenvalue weighted by Gasteiger charge is 2.51. The van der Waals surface area contributed by atoms with Crippen molar-refractivity contribution in [2.75, 3.05) is 6.54 Å². The first-order chi connectivity index (χ1) is 8.62. The molecule has 0 aromatic heterocycles. The first kappa shape index (κ1) is 13.2. The van der Waals surface area contributed by atoms with E-state index < -0.39 is 11.5 Å². The Morgan fingerprint density at radius 3 is 2.44 bits per heavy atom. The van der Waals surface area contributed by atoms with Gasteiger partial charge in [0.05, 0.1) is 0 Å². The SMILES string of the molecule is O=C(NCCCC1CCCC1)NC1(C(=O)O)CC1. The van der Waals surface area contributed by atoms with Crippen LogP contribution >= 0.6 is 0 Å². The van der Waals surface area contributed by atoms with Crippen LogP contribution in [0.4, 0.5) is 4.79 Å². The summed E-state index contributed by atoms with van der Waals surface area (Å²) in [5, 5.41) is 14.2. The summed E-state index contributed by atoms with van der Waals surface area (Å²) >= 11 is 0. The van der Waals surface area contributed by atoms with Crippen LogP contribution in [0.2, 0.25) is 0 Å². The molecular formula is C13H22N2O3. The molecule has 0 aromatic carbocycles. The van der Waals surface area contributed by atoms with E-state index in [0.29, 0.717) is 19.4 Å². The second kappa shape index (κ2) is 5.59. The lowest BCUT2D eigenvalue weighted by molar-refractivity contribution is -0.140. The van der Waals surface area contributed by atoms with Gasteiger partial charge in [-0.25, -0.2) is 9.59 Å². The van der Waals surface area contributed by atoms with Gasteiger partial charge in [0.2, 0.25) is 0 Å². The molecule has 0 saturated heterocycles. The maximum atomic E-state index is 11.5. The van der Waals surface area contributed by atoms with E-state index >= 15 is 0 Å². The quantitative estimate of drug-likeness (QED) is 0.633. The number of carbonyl (C=O) groups excluding carboxylic acids is 1. The Labute approximate surface area is 107 Å². The van der Waals surface area contributed by atoms with Crippen LogP contribution in [0.15, 0.2) is 0 Å². The van der Waals surface area contributed by atoms with Gasteiger partial charge in [0.1, 0.15) is 5.54 Å². The lowest BCUT2D eigenvalue weighted by Crippen LogP contribution is -2.48. The predicted molar refractivity (Wildman–Crippen MR) is 67.3 cm³/mol. The molecule has 0 radical (unpaired) electrons. The van der Waals surface area contributed by atoms with Crippen molar-refractivity contribution in [2.45, 2.75) is 56.9 Å². The molecular weight excluding hydrogens is 232 g/mol. The fourth-order valence-electron chi connectivity index (χ4n) is 2.67. The average molecular weight is 254 g/mol. The van der Waals surface area contributed by atoms with E-state index in [-0.39, 0.29) is 6.03 Å². The highest BCUT2D eigenvalue weighted by atomic mass is 16.4. The van der Waals surface area contributed by atoms with E-state index in [2.05, 4.69) is 10.6 Å². The second-order valence-corrected chi connectivity index (χ2v) is 5.56. The Kier molecular flexibility index (Phi) is 4.09. The van der Waals surface area contributed by atoms with Gasteiger partial charge in [-0.1, -0.05) is 25.7 Å². The summed E-state index contributed by atoms with van der Waals surface area (Å²) in [6.45, 7) is 0.637. The number of amides is 2. The maximum Gasteiger partial charge on any atom is 0.329 e. The molecule has 0 aromatic rings. The summed E-state index contributed by atoms with van der Waals surface area (Å²) in [5.41, 5.74) is -0.977. The maximum absolute atomic E-state index is 11.5. The third-order valence-electron chi connectivity index (χ3n) is 4.06. The number of carboxylic acid groups (broad SMARTS) is 1. The lowest BCUT2D eigenvalue weighted by Gasteiger charge is -2.14. The van der Waals surface area contributed by atoms with Gasteiger partial charge in [0, 0.05) is 6.54 Å². The van der Waals surface area contributed by atoms with Crippen molar-refractivity contribution in [3.8, 4) is 0 Å². The van der Waals surface area contributed by atoms with Crippen LogP contribution in [-0.4, -0.2) is 29.2 Å². The summed E-state index contributed by atoms with van der Waals surface area (Å²) in [7, 11) is 0. The van der Waals surface area contributed by atoms with Gasteiger partial charge in [0.25, 0.3) is 0 Å². The lowest BCUT2D eigenvalue weighted by atomic mass is 10.0. The topological polar surface area (TPSA) is 78.4 Å². The van der Waals surface area contributed by atoms with E-state index in [1.165, 1.54) is 32.1 Å². The smallest absolute Gasteiger partial charge is 0.329 e. The Balaban J connectivity index is 1.56. The molecule has 3 N–H and O–H groups in total.